The average Bonchev–Trinajstić information content (AvgIpc) is 2.39. The van der Waals surface area contributed by atoms with Gasteiger partial charge in [0.15, 0.2) is 0 Å². The normalized spacial score (nSPS) is 11.8. The highest BCUT2D eigenvalue weighted by Gasteiger charge is 2.13. The van der Waals surface area contributed by atoms with E-state index in [1.807, 2.05) is 30.3 Å². The molecule has 5 heteroatoms. The number of hydrogen-bond acceptors (Lipinski definition) is 2. The van der Waals surface area contributed by atoms with Gasteiger partial charge in [0.25, 0.3) is 0 Å². The van der Waals surface area contributed by atoms with E-state index in [1.165, 1.54) is 0 Å². The second kappa shape index (κ2) is 7.82. The largest absolute Gasteiger partial charge is 0.457 e. The minimum absolute atomic E-state index is 0. The van der Waals surface area contributed by atoms with Crippen molar-refractivity contribution in [2.45, 2.75) is 18.9 Å². The highest BCUT2D eigenvalue weighted by atomic mass is 35.5. The van der Waals surface area contributed by atoms with Crippen molar-refractivity contribution in [1.29, 1.82) is 0 Å². The summed E-state index contributed by atoms with van der Waals surface area (Å²) in [7, 11) is 0. The third kappa shape index (κ3) is 4.79. The summed E-state index contributed by atoms with van der Waals surface area (Å²) in [4.78, 5) is 0. The molecule has 0 aromatic heterocycles. The first kappa shape index (κ1) is 16.4. The van der Waals surface area contributed by atoms with Crippen LogP contribution in [0.5, 0.6) is 11.5 Å². The summed E-state index contributed by atoms with van der Waals surface area (Å²) in [5.74, 6) is 1.29. The van der Waals surface area contributed by atoms with Crippen molar-refractivity contribution in [3.8, 4) is 11.5 Å². The molecule has 2 rings (SSSR count). The van der Waals surface area contributed by atoms with Gasteiger partial charge in [0.2, 0.25) is 6.43 Å². The first-order valence-electron chi connectivity index (χ1n) is 6.02. The molecule has 0 unspecified atom stereocenters. The molecule has 0 bridgehead atoms. The van der Waals surface area contributed by atoms with Gasteiger partial charge in [-0.2, -0.15) is 0 Å². The number of halogens is 3. The van der Waals surface area contributed by atoms with Gasteiger partial charge >= 0.3 is 0 Å². The number of rotatable bonds is 5. The van der Waals surface area contributed by atoms with Crippen LogP contribution in [0, 0.1) is 0 Å². The van der Waals surface area contributed by atoms with Gasteiger partial charge in [0.05, 0.1) is 0 Å². The Morgan fingerprint density at radius 2 is 1.60 bits per heavy atom. The van der Waals surface area contributed by atoms with Crippen LogP contribution in [0.3, 0.4) is 0 Å². The molecule has 2 aromatic rings. The van der Waals surface area contributed by atoms with Crippen LogP contribution >= 0.6 is 12.4 Å². The zero-order chi connectivity index (χ0) is 13.7. The predicted octanol–water partition coefficient (Wildman–Crippen LogP) is 4.56. The van der Waals surface area contributed by atoms with Gasteiger partial charge < -0.3 is 10.5 Å². The molecule has 0 aliphatic rings. The first-order valence-corrected chi connectivity index (χ1v) is 6.02. The summed E-state index contributed by atoms with van der Waals surface area (Å²) < 4.78 is 30.2. The van der Waals surface area contributed by atoms with Crippen molar-refractivity contribution >= 4 is 12.4 Å². The number of ether oxygens (including phenoxy) is 1. The smallest absolute Gasteiger partial charge is 0.240 e. The van der Waals surface area contributed by atoms with Crippen molar-refractivity contribution in [1.82, 2.24) is 0 Å². The molecule has 1 atom stereocenters. The van der Waals surface area contributed by atoms with Crippen LogP contribution in [-0.4, -0.2) is 6.43 Å². The zero-order valence-corrected chi connectivity index (χ0v) is 11.5. The summed E-state index contributed by atoms with van der Waals surface area (Å²) in [5.41, 5.74) is 6.37. The van der Waals surface area contributed by atoms with E-state index in [9.17, 15) is 8.78 Å². The van der Waals surface area contributed by atoms with Gasteiger partial charge in [-0.15, -0.1) is 12.4 Å². The van der Waals surface area contributed by atoms with Crippen LogP contribution in [-0.2, 0) is 0 Å². The van der Waals surface area contributed by atoms with E-state index in [2.05, 4.69) is 0 Å². The molecule has 0 radical (unpaired) electrons. The fraction of sp³-hybridized carbons (Fsp3) is 0.200. The Morgan fingerprint density at radius 3 is 2.25 bits per heavy atom. The topological polar surface area (TPSA) is 35.2 Å². The number of para-hydroxylation sites is 1. The molecule has 0 spiro atoms. The number of alkyl halides is 2. The van der Waals surface area contributed by atoms with Crippen LogP contribution in [0.15, 0.2) is 54.6 Å². The van der Waals surface area contributed by atoms with Crippen LogP contribution in [0.4, 0.5) is 8.78 Å². The molecular weight excluding hydrogens is 284 g/mol. The van der Waals surface area contributed by atoms with Gasteiger partial charge in [-0.3, -0.25) is 0 Å². The van der Waals surface area contributed by atoms with E-state index < -0.39 is 12.5 Å². The summed E-state index contributed by atoms with van der Waals surface area (Å²) in [6.07, 6.45) is -2.76. The van der Waals surface area contributed by atoms with Crippen LogP contribution in [0.2, 0.25) is 0 Å². The van der Waals surface area contributed by atoms with E-state index in [0.717, 1.165) is 0 Å². The third-order valence-electron chi connectivity index (χ3n) is 2.70. The lowest BCUT2D eigenvalue weighted by molar-refractivity contribution is 0.128. The molecule has 0 aliphatic heterocycles. The molecule has 2 nitrogen and oxygen atoms in total. The summed E-state index contributed by atoms with van der Waals surface area (Å²) in [6.45, 7) is 0. The standard InChI is InChI=1S/C15H15F2NO.ClH/c16-15(17)10-14(18)11-5-4-8-13(9-11)19-12-6-2-1-3-7-12;/h1-9,14-15H,10,18H2;1H/t14-;/m1./s1. The van der Waals surface area contributed by atoms with Crippen LogP contribution in [0.25, 0.3) is 0 Å². The highest BCUT2D eigenvalue weighted by molar-refractivity contribution is 5.85. The maximum Gasteiger partial charge on any atom is 0.240 e. The fourth-order valence-corrected chi connectivity index (χ4v) is 1.76. The lowest BCUT2D eigenvalue weighted by Crippen LogP contribution is -2.13. The van der Waals surface area contributed by atoms with Crippen molar-refractivity contribution in [3.63, 3.8) is 0 Å². The highest BCUT2D eigenvalue weighted by Crippen LogP contribution is 2.25. The summed E-state index contributed by atoms with van der Waals surface area (Å²) >= 11 is 0. The van der Waals surface area contributed by atoms with Crippen molar-refractivity contribution in [3.05, 3.63) is 60.2 Å². The predicted molar refractivity (Wildman–Crippen MR) is 77.8 cm³/mol. The molecule has 0 fully saturated rings. The number of nitrogens with two attached hydrogens (primary N) is 1. The molecule has 2 N–H and O–H groups in total. The molecule has 20 heavy (non-hydrogen) atoms. The van der Waals surface area contributed by atoms with Crippen molar-refractivity contribution in [2.75, 3.05) is 0 Å². The Labute approximate surface area is 123 Å². The van der Waals surface area contributed by atoms with Gasteiger partial charge in [0, 0.05) is 12.5 Å². The Morgan fingerprint density at radius 1 is 0.950 bits per heavy atom. The minimum atomic E-state index is -2.41. The maximum atomic E-state index is 12.3. The molecule has 108 valence electrons. The summed E-state index contributed by atoms with van der Waals surface area (Å²) in [5, 5.41) is 0. The lowest BCUT2D eigenvalue weighted by Gasteiger charge is -2.13. The Kier molecular flexibility index (Phi) is 6.42. The van der Waals surface area contributed by atoms with Crippen LogP contribution < -0.4 is 10.5 Å². The Bertz CT molecular complexity index is 522. The first-order chi connectivity index (χ1) is 9.15. The average molecular weight is 300 g/mol. The lowest BCUT2D eigenvalue weighted by atomic mass is 10.0. The van der Waals surface area contributed by atoms with Gasteiger partial charge in [0.1, 0.15) is 11.5 Å². The molecule has 0 aliphatic carbocycles. The van der Waals surface area contributed by atoms with Crippen LogP contribution in [0.1, 0.15) is 18.0 Å². The summed E-state index contributed by atoms with van der Waals surface area (Å²) in [6, 6.07) is 15.5. The molecule has 0 saturated heterocycles. The van der Waals surface area contributed by atoms with Gasteiger partial charge in [-0.25, -0.2) is 8.78 Å². The van der Waals surface area contributed by atoms with Crippen molar-refractivity contribution < 1.29 is 13.5 Å². The fourth-order valence-electron chi connectivity index (χ4n) is 1.76. The minimum Gasteiger partial charge on any atom is -0.457 e. The quantitative estimate of drug-likeness (QED) is 0.878. The molecular formula is C15H16ClF2NO. The van der Waals surface area contributed by atoms with Gasteiger partial charge in [-0.05, 0) is 29.8 Å². The number of benzene rings is 2. The molecule has 0 amide bonds. The SMILES string of the molecule is Cl.N[C@H](CC(F)F)c1cccc(Oc2ccccc2)c1. The van der Waals surface area contributed by atoms with E-state index >= 15 is 0 Å². The van der Waals surface area contributed by atoms with E-state index in [0.29, 0.717) is 17.1 Å². The van der Waals surface area contributed by atoms with E-state index in [1.54, 1.807) is 24.3 Å². The van der Waals surface area contributed by atoms with Crippen molar-refractivity contribution in [2.24, 2.45) is 5.73 Å². The van der Waals surface area contributed by atoms with E-state index in [-0.39, 0.29) is 18.8 Å². The number of hydrogen-bond donors (Lipinski definition) is 1. The van der Waals surface area contributed by atoms with E-state index in [4.69, 9.17) is 10.5 Å². The monoisotopic (exact) mass is 299 g/mol. The Hall–Kier alpha value is -1.65. The van der Waals surface area contributed by atoms with Gasteiger partial charge in [-0.1, -0.05) is 30.3 Å². The second-order valence-electron chi connectivity index (χ2n) is 4.22. The third-order valence-corrected chi connectivity index (χ3v) is 2.70. The zero-order valence-electron chi connectivity index (χ0n) is 10.7. The maximum absolute atomic E-state index is 12.3. The Balaban J connectivity index is 0.00000200. The molecule has 0 saturated carbocycles. The molecule has 0 heterocycles. The second-order valence-corrected chi connectivity index (χ2v) is 4.22. The molecule has 2 aromatic carbocycles.